The van der Waals surface area contributed by atoms with Crippen LogP contribution in [0.3, 0.4) is 0 Å². The van der Waals surface area contributed by atoms with Crippen molar-refractivity contribution in [1.82, 2.24) is 15.6 Å². The molecule has 0 saturated heterocycles. The number of rotatable bonds is 4. The minimum absolute atomic E-state index is 0.0695. The van der Waals surface area contributed by atoms with Gasteiger partial charge in [0.05, 0.1) is 0 Å². The third-order valence-electron chi connectivity index (χ3n) is 6.76. The summed E-state index contributed by atoms with van der Waals surface area (Å²) in [6.07, 6.45) is 11.2. The van der Waals surface area contributed by atoms with E-state index in [4.69, 9.17) is 0 Å². The Bertz CT molecular complexity index is 623. The molecule has 5 heteroatoms. The molecule has 4 bridgehead atoms. The molecule has 1 aromatic heterocycles. The molecule has 5 nitrogen and oxygen atoms in total. The van der Waals surface area contributed by atoms with Crippen LogP contribution in [0.2, 0.25) is 0 Å². The third kappa shape index (κ3) is 3.29. The molecule has 4 fully saturated rings. The van der Waals surface area contributed by atoms with Gasteiger partial charge in [-0.1, -0.05) is 0 Å². The fraction of sp³-hybridized carbons (Fsp3) is 0.650. The quantitative estimate of drug-likeness (QED) is 0.826. The van der Waals surface area contributed by atoms with Gasteiger partial charge < -0.3 is 10.6 Å². The van der Waals surface area contributed by atoms with Crippen molar-refractivity contribution in [3.63, 3.8) is 0 Å². The molecular weight excluding hydrogens is 314 g/mol. The van der Waals surface area contributed by atoms with Crippen LogP contribution < -0.4 is 10.6 Å². The molecule has 134 valence electrons. The molecular formula is C20H27N3O2. The first-order chi connectivity index (χ1) is 12.0. The number of hydrogen-bond donors (Lipinski definition) is 2. The topological polar surface area (TPSA) is 71.1 Å². The average Bonchev–Trinajstić information content (AvgIpc) is 2.59. The zero-order chi connectivity index (χ0) is 17.4. The molecule has 0 radical (unpaired) electrons. The number of carbonyl (C=O) groups excluding carboxylic acids is 2. The van der Waals surface area contributed by atoms with E-state index in [0.29, 0.717) is 6.54 Å². The average molecular weight is 341 g/mol. The summed E-state index contributed by atoms with van der Waals surface area (Å²) in [6, 6.07) is 3.73. The Hall–Kier alpha value is -1.91. The van der Waals surface area contributed by atoms with Crippen LogP contribution in [-0.2, 0) is 16.1 Å². The monoisotopic (exact) mass is 341 g/mol. The van der Waals surface area contributed by atoms with Crippen LogP contribution in [0.15, 0.2) is 24.5 Å². The molecule has 1 atom stereocenters. The lowest BCUT2D eigenvalue weighted by atomic mass is 9.48. The minimum atomic E-state index is -0.548. The van der Waals surface area contributed by atoms with Gasteiger partial charge in [0.2, 0.25) is 0 Å². The number of amides is 2. The zero-order valence-electron chi connectivity index (χ0n) is 14.8. The van der Waals surface area contributed by atoms with Gasteiger partial charge in [-0.25, -0.2) is 0 Å². The number of hydrogen-bond acceptors (Lipinski definition) is 3. The first-order valence-electron chi connectivity index (χ1n) is 9.52. The van der Waals surface area contributed by atoms with Crippen LogP contribution in [0, 0.1) is 23.2 Å². The third-order valence-corrected chi connectivity index (χ3v) is 6.76. The summed E-state index contributed by atoms with van der Waals surface area (Å²) in [5.74, 6) is 1.47. The summed E-state index contributed by atoms with van der Waals surface area (Å²) in [5.41, 5.74) is 1.15. The van der Waals surface area contributed by atoms with Crippen molar-refractivity contribution in [3.05, 3.63) is 30.1 Å². The summed E-state index contributed by atoms with van der Waals surface area (Å²) < 4.78 is 0. The highest BCUT2D eigenvalue weighted by Crippen LogP contribution is 2.61. The highest BCUT2D eigenvalue weighted by atomic mass is 16.2. The second-order valence-corrected chi connectivity index (χ2v) is 8.51. The molecule has 0 aromatic carbocycles. The summed E-state index contributed by atoms with van der Waals surface area (Å²) in [4.78, 5) is 28.4. The Morgan fingerprint density at radius 3 is 2.20 bits per heavy atom. The first kappa shape index (κ1) is 16.6. The molecule has 1 unspecified atom stereocenters. The van der Waals surface area contributed by atoms with Gasteiger partial charge in [-0.05, 0) is 86.3 Å². The Morgan fingerprint density at radius 1 is 1.08 bits per heavy atom. The van der Waals surface area contributed by atoms with Crippen LogP contribution in [0.1, 0.15) is 51.0 Å². The zero-order valence-corrected chi connectivity index (χ0v) is 14.8. The summed E-state index contributed by atoms with van der Waals surface area (Å²) >= 11 is 0. The SMILES string of the molecule is CC(NC(=O)C(=O)NCc1ccncc1)C12CC3CC(CC(C3)C1)C2. The van der Waals surface area contributed by atoms with Crippen LogP contribution in [0.25, 0.3) is 0 Å². The van der Waals surface area contributed by atoms with Gasteiger partial charge in [-0.3, -0.25) is 14.6 Å². The lowest BCUT2D eigenvalue weighted by molar-refractivity contribution is -0.141. The smallest absolute Gasteiger partial charge is 0.309 e. The van der Waals surface area contributed by atoms with E-state index in [1.807, 2.05) is 12.1 Å². The maximum absolute atomic E-state index is 12.3. The van der Waals surface area contributed by atoms with E-state index in [9.17, 15) is 9.59 Å². The van der Waals surface area contributed by atoms with Crippen molar-refractivity contribution in [2.75, 3.05) is 0 Å². The lowest BCUT2D eigenvalue weighted by Crippen LogP contribution is -2.57. The Morgan fingerprint density at radius 2 is 1.64 bits per heavy atom. The predicted molar refractivity (Wildman–Crippen MR) is 94.3 cm³/mol. The Kier molecular flexibility index (Phi) is 4.26. The van der Waals surface area contributed by atoms with E-state index in [1.165, 1.54) is 38.5 Å². The largest absolute Gasteiger partial charge is 0.345 e. The minimum Gasteiger partial charge on any atom is -0.345 e. The molecule has 4 saturated carbocycles. The maximum Gasteiger partial charge on any atom is 0.309 e. The molecule has 4 aliphatic carbocycles. The first-order valence-corrected chi connectivity index (χ1v) is 9.52. The van der Waals surface area contributed by atoms with Gasteiger partial charge in [0, 0.05) is 25.0 Å². The van der Waals surface area contributed by atoms with Crippen molar-refractivity contribution in [1.29, 1.82) is 0 Å². The molecule has 0 spiro atoms. The molecule has 2 N–H and O–H groups in total. The van der Waals surface area contributed by atoms with Crippen molar-refractivity contribution in [2.24, 2.45) is 23.2 Å². The number of pyridine rings is 1. The normalized spacial score (nSPS) is 33.7. The summed E-state index contributed by atoms with van der Waals surface area (Å²) in [7, 11) is 0. The molecule has 2 amide bonds. The van der Waals surface area contributed by atoms with Gasteiger partial charge in [-0.15, -0.1) is 0 Å². The molecule has 4 aliphatic rings. The highest BCUT2D eigenvalue weighted by molar-refractivity contribution is 6.35. The molecule has 1 aromatic rings. The molecule has 1 heterocycles. The second-order valence-electron chi connectivity index (χ2n) is 8.51. The van der Waals surface area contributed by atoms with Gasteiger partial charge in [0.1, 0.15) is 0 Å². The summed E-state index contributed by atoms with van der Waals surface area (Å²) in [6.45, 7) is 2.45. The highest BCUT2D eigenvalue weighted by Gasteiger charge is 2.53. The van der Waals surface area contributed by atoms with Crippen molar-refractivity contribution < 1.29 is 9.59 Å². The maximum atomic E-state index is 12.3. The van der Waals surface area contributed by atoms with E-state index in [2.05, 4.69) is 22.5 Å². The number of carbonyl (C=O) groups is 2. The number of nitrogens with one attached hydrogen (secondary N) is 2. The Balaban J connectivity index is 1.33. The lowest BCUT2D eigenvalue weighted by Gasteiger charge is -2.59. The van der Waals surface area contributed by atoms with E-state index in [1.54, 1.807) is 12.4 Å². The fourth-order valence-corrected chi connectivity index (χ4v) is 5.89. The molecule has 0 aliphatic heterocycles. The van der Waals surface area contributed by atoms with Crippen LogP contribution in [-0.4, -0.2) is 22.8 Å². The standard InChI is InChI=1S/C20H27N3O2/c1-13(20-9-15-6-16(10-20)8-17(7-15)11-20)23-19(25)18(24)22-12-14-2-4-21-5-3-14/h2-5,13,15-17H,6-12H2,1H3,(H,22,24)(H,23,25). The summed E-state index contributed by atoms with van der Waals surface area (Å²) in [5, 5.41) is 5.71. The van der Waals surface area contributed by atoms with Gasteiger partial charge >= 0.3 is 11.8 Å². The number of nitrogens with zero attached hydrogens (tertiary/aromatic N) is 1. The van der Waals surface area contributed by atoms with E-state index in [-0.39, 0.29) is 11.5 Å². The van der Waals surface area contributed by atoms with Crippen molar-refractivity contribution in [2.45, 2.75) is 58.0 Å². The van der Waals surface area contributed by atoms with Crippen molar-refractivity contribution >= 4 is 11.8 Å². The van der Waals surface area contributed by atoms with Crippen LogP contribution >= 0.6 is 0 Å². The second kappa shape index (κ2) is 6.43. The van der Waals surface area contributed by atoms with E-state index in [0.717, 1.165) is 23.3 Å². The van der Waals surface area contributed by atoms with Crippen LogP contribution in [0.5, 0.6) is 0 Å². The predicted octanol–water partition coefficient (Wildman–Crippen LogP) is 2.42. The molecule has 25 heavy (non-hydrogen) atoms. The van der Waals surface area contributed by atoms with Gasteiger partial charge in [0.25, 0.3) is 0 Å². The van der Waals surface area contributed by atoms with Crippen LogP contribution in [0.4, 0.5) is 0 Å². The van der Waals surface area contributed by atoms with Gasteiger partial charge in [0.15, 0.2) is 0 Å². The van der Waals surface area contributed by atoms with E-state index < -0.39 is 11.8 Å². The Labute approximate surface area is 149 Å². The van der Waals surface area contributed by atoms with Crippen molar-refractivity contribution in [3.8, 4) is 0 Å². The molecule has 5 rings (SSSR count). The number of aromatic nitrogens is 1. The van der Waals surface area contributed by atoms with Gasteiger partial charge in [-0.2, -0.15) is 0 Å². The van der Waals surface area contributed by atoms with E-state index >= 15 is 0 Å². The fourth-order valence-electron chi connectivity index (χ4n) is 5.89.